The third-order valence-electron chi connectivity index (χ3n) is 3.06. The molecule has 1 atom stereocenters. The number of hydrogen-bond donors (Lipinski definition) is 1. The summed E-state index contributed by atoms with van der Waals surface area (Å²) >= 11 is 0. The van der Waals surface area contributed by atoms with Gasteiger partial charge in [0.25, 0.3) is 0 Å². The number of amides is 3. The first-order chi connectivity index (χ1) is 7.50. The molecule has 1 aliphatic carbocycles. The summed E-state index contributed by atoms with van der Waals surface area (Å²) in [6.07, 6.45) is 1.03. The van der Waals surface area contributed by atoms with Crippen LogP contribution in [-0.4, -0.2) is 35.2 Å². The van der Waals surface area contributed by atoms with E-state index in [-0.39, 0.29) is 6.54 Å². The van der Waals surface area contributed by atoms with Gasteiger partial charge in [-0.2, -0.15) is 5.26 Å². The molecule has 2 fully saturated rings. The zero-order valence-corrected chi connectivity index (χ0v) is 8.82. The van der Waals surface area contributed by atoms with Crippen LogP contribution >= 0.6 is 0 Å². The quantitative estimate of drug-likeness (QED) is 0.585. The maximum Gasteiger partial charge on any atom is 0.249 e. The summed E-state index contributed by atoms with van der Waals surface area (Å²) in [5.41, 5.74) is -0.980. The molecule has 6 heteroatoms. The lowest BCUT2D eigenvalue weighted by atomic mass is 10.0. The number of carbonyl (C=O) groups is 3. The van der Waals surface area contributed by atoms with Crippen molar-refractivity contribution in [3.8, 4) is 6.07 Å². The Morgan fingerprint density at radius 2 is 2.19 bits per heavy atom. The number of nitrogens with zero attached hydrogens (tertiary/aromatic N) is 2. The molecule has 1 aliphatic heterocycles. The van der Waals surface area contributed by atoms with Crippen LogP contribution in [-0.2, 0) is 14.4 Å². The van der Waals surface area contributed by atoms with Gasteiger partial charge in [-0.3, -0.25) is 19.7 Å². The second kappa shape index (κ2) is 3.30. The maximum atomic E-state index is 12.0. The van der Waals surface area contributed by atoms with Crippen molar-refractivity contribution in [2.24, 2.45) is 5.41 Å². The number of hydrogen-bond acceptors (Lipinski definition) is 4. The zero-order chi connectivity index (χ0) is 11.9. The molecule has 1 saturated heterocycles. The van der Waals surface area contributed by atoms with Crippen LogP contribution in [0.15, 0.2) is 0 Å². The molecule has 0 radical (unpaired) electrons. The first-order valence-corrected chi connectivity index (χ1v) is 5.06. The summed E-state index contributed by atoms with van der Waals surface area (Å²) in [4.78, 5) is 35.7. The average Bonchev–Trinajstić information content (AvgIpc) is 3.03. The van der Waals surface area contributed by atoms with Crippen LogP contribution < -0.4 is 5.32 Å². The Labute approximate surface area is 92.2 Å². The molecular weight excluding hydrogens is 210 g/mol. The average molecular weight is 221 g/mol. The lowest BCUT2D eigenvalue weighted by Gasteiger charge is -2.32. The van der Waals surface area contributed by atoms with Gasteiger partial charge in [0.2, 0.25) is 17.7 Å². The van der Waals surface area contributed by atoms with Crippen LogP contribution in [0.2, 0.25) is 0 Å². The van der Waals surface area contributed by atoms with Gasteiger partial charge in [0.1, 0.15) is 18.0 Å². The predicted molar refractivity (Wildman–Crippen MR) is 51.6 cm³/mol. The minimum Gasteiger partial charge on any atom is -0.320 e. The van der Waals surface area contributed by atoms with Crippen molar-refractivity contribution in [3.05, 3.63) is 0 Å². The van der Waals surface area contributed by atoms with Gasteiger partial charge in [0.05, 0.1) is 6.07 Å². The van der Waals surface area contributed by atoms with Gasteiger partial charge >= 0.3 is 0 Å². The summed E-state index contributed by atoms with van der Waals surface area (Å²) in [5, 5.41) is 11.0. The van der Waals surface area contributed by atoms with Crippen molar-refractivity contribution in [2.45, 2.75) is 25.8 Å². The van der Waals surface area contributed by atoms with E-state index in [0.29, 0.717) is 12.8 Å². The van der Waals surface area contributed by atoms with Crippen LogP contribution in [0.1, 0.15) is 19.8 Å². The highest BCUT2D eigenvalue weighted by Gasteiger charge is 2.54. The monoisotopic (exact) mass is 221 g/mol. The second-order valence-electron chi connectivity index (χ2n) is 4.22. The van der Waals surface area contributed by atoms with Crippen LogP contribution in [0.5, 0.6) is 0 Å². The molecule has 2 rings (SSSR count). The minimum absolute atomic E-state index is 0.144. The third kappa shape index (κ3) is 1.45. The lowest BCUT2D eigenvalue weighted by Crippen LogP contribution is -2.59. The Bertz CT molecular complexity index is 420. The highest BCUT2D eigenvalue weighted by molar-refractivity contribution is 6.05. The number of nitrogens with one attached hydrogen (secondary N) is 1. The lowest BCUT2D eigenvalue weighted by molar-refractivity contribution is -0.151. The normalized spacial score (nSPS) is 27.0. The molecule has 0 bridgehead atoms. The highest BCUT2D eigenvalue weighted by Crippen LogP contribution is 2.46. The van der Waals surface area contributed by atoms with Crippen molar-refractivity contribution in [1.82, 2.24) is 10.2 Å². The molecule has 2 aliphatic rings. The fourth-order valence-electron chi connectivity index (χ4n) is 1.74. The smallest absolute Gasteiger partial charge is 0.249 e. The van der Waals surface area contributed by atoms with E-state index in [2.05, 4.69) is 5.32 Å². The number of nitriles is 1. The van der Waals surface area contributed by atoms with Gasteiger partial charge in [-0.25, -0.2) is 0 Å². The molecule has 0 aromatic rings. The maximum absolute atomic E-state index is 12.0. The van der Waals surface area contributed by atoms with E-state index in [0.717, 1.165) is 0 Å². The zero-order valence-electron chi connectivity index (χ0n) is 8.82. The molecule has 1 heterocycles. The van der Waals surface area contributed by atoms with Gasteiger partial charge in [-0.05, 0) is 19.8 Å². The molecule has 3 amide bonds. The van der Waals surface area contributed by atoms with E-state index in [1.807, 2.05) is 6.07 Å². The van der Waals surface area contributed by atoms with Crippen molar-refractivity contribution in [3.63, 3.8) is 0 Å². The summed E-state index contributed by atoms with van der Waals surface area (Å²) in [6, 6.07) is 1.28. The van der Waals surface area contributed by atoms with Crippen molar-refractivity contribution in [2.75, 3.05) is 6.54 Å². The molecule has 0 spiro atoms. The van der Waals surface area contributed by atoms with Crippen LogP contribution in [0.25, 0.3) is 0 Å². The minimum atomic E-state index is -0.980. The van der Waals surface area contributed by atoms with Gasteiger partial charge in [-0.15, -0.1) is 0 Å². The SMILES string of the molecule is CC1C(=O)NC(=O)CN1C(=O)C1(C#N)CC1. The Kier molecular flexibility index (Phi) is 2.19. The third-order valence-corrected chi connectivity index (χ3v) is 3.06. The van der Waals surface area contributed by atoms with Gasteiger partial charge in [0.15, 0.2) is 0 Å². The highest BCUT2D eigenvalue weighted by atomic mass is 16.2. The van der Waals surface area contributed by atoms with Crippen molar-refractivity contribution >= 4 is 17.7 Å². The van der Waals surface area contributed by atoms with E-state index in [1.165, 1.54) is 4.90 Å². The number of rotatable bonds is 1. The largest absolute Gasteiger partial charge is 0.320 e. The van der Waals surface area contributed by atoms with E-state index in [9.17, 15) is 14.4 Å². The first-order valence-electron chi connectivity index (χ1n) is 5.06. The molecule has 1 saturated carbocycles. The van der Waals surface area contributed by atoms with E-state index < -0.39 is 29.2 Å². The second-order valence-corrected chi connectivity index (χ2v) is 4.22. The Balaban J connectivity index is 2.20. The van der Waals surface area contributed by atoms with E-state index in [1.54, 1.807) is 6.92 Å². The molecule has 84 valence electrons. The molecule has 0 aromatic heterocycles. The fraction of sp³-hybridized carbons (Fsp3) is 0.600. The Hall–Kier alpha value is -1.90. The number of carbonyl (C=O) groups excluding carboxylic acids is 3. The van der Waals surface area contributed by atoms with Gasteiger partial charge < -0.3 is 4.90 Å². The van der Waals surface area contributed by atoms with Crippen LogP contribution in [0, 0.1) is 16.7 Å². The fourth-order valence-corrected chi connectivity index (χ4v) is 1.74. The first kappa shape index (κ1) is 10.6. The Morgan fingerprint density at radius 3 is 2.69 bits per heavy atom. The number of piperazine rings is 1. The molecule has 6 nitrogen and oxygen atoms in total. The van der Waals surface area contributed by atoms with Gasteiger partial charge in [0, 0.05) is 0 Å². The topological polar surface area (TPSA) is 90.3 Å². The van der Waals surface area contributed by atoms with Crippen LogP contribution in [0.3, 0.4) is 0 Å². The molecule has 1 N–H and O–H groups in total. The molecule has 1 unspecified atom stereocenters. The number of imide groups is 1. The summed E-state index contributed by atoms with van der Waals surface area (Å²) < 4.78 is 0. The van der Waals surface area contributed by atoms with Crippen LogP contribution in [0.4, 0.5) is 0 Å². The predicted octanol–water partition coefficient (Wildman–Crippen LogP) is -0.836. The molecular formula is C10H11N3O3. The Morgan fingerprint density at radius 1 is 1.56 bits per heavy atom. The summed E-state index contributed by atoms with van der Waals surface area (Å²) in [6.45, 7) is 1.41. The standard InChI is InChI=1S/C10H11N3O3/c1-6-8(15)12-7(14)4-13(6)9(16)10(5-11)2-3-10/h6H,2-4H2,1H3,(H,12,14,15). The van der Waals surface area contributed by atoms with Crippen molar-refractivity contribution < 1.29 is 14.4 Å². The van der Waals surface area contributed by atoms with Crippen molar-refractivity contribution in [1.29, 1.82) is 5.26 Å². The summed E-state index contributed by atoms with van der Waals surface area (Å²) in [7, 11) is 0. The summed E-state index contributed by atoms with van der Waals surface area (Å²) in [5.74, 6) is -1.38. The van der Waals surface area contributed by atoms with Gasteiger partial charge in [-0.1, -0.05) is 0 Å². The van der Waals surface area contributed by atoms with E-state index >= 15 is 0 Å². The molecule has 0 aromatic carbocycles. The molecule has 16 heavy (non-hydrogen) atoms. The van der Waals surface area contributed by atoms with E-state index in [4.69, 9.17) is 5.26 Å².